The average Bonchev–Trinajstić information content (AvgIpc) is 3.50. The molecule has 0 unspecified atom stereocenters. The molecule has 36 heavy (non-hydrogen) atoms. The predicted octanol–water partition coefficient (Wildman–Crippen LogP) is 5.66. The van der Waals surface area contributed by atoms with Crippen molar-refractivity contribution in [1.29, 1.82) is 0 Å². The van der Waals surface area contributed by atoms with Gasteiger partial charge in [0.2, 0.25) is 0 Å². The zero-order chi connectivity index (χ0) is 25.3. The van der Waals surface area contributed by atoms with Gasteiger partial charge in [0.25, 0.3) is 0 Å². The molecule has 0 saturated carbocycles. The fraction of sp³-hybridized carbons (Fsp3) is 0.429. The minimum absolute atomic E-state index is 0.150. The van der Waals surface area contributed by atoms with Gasteiger partial charge in [-0.3, -0.25) is 9.59 Å². The first-order chi connectivity index (χ1) is 17.6. The van der Waals surface area contributed by atoms with E-state index in [1.165, 1.54) is 14.2 Å². The van der Waals surface area contributed by atoms with Crippen molar-refractivity contribution in [2.75, 3.05) is 14.2 Å². The van der Waals surface area contributed by atoms with Crippen LogP contribution in [0.4, 0.5) is 0 Å². The van der Waals surface area contributed by atoms with E-state index in [4.69, 9.17) is 9.97 Å². The molecule has 8 heteroatoms. The van der Waals surface area contributed by atoms with Gasteiger partial charge < -0.3 is 19.4 Å². The van der Waals surface area contributed by atoms with Crippen LogP contribution in [0.2, 0.25) is 0 Å². The number of benzene rings is 2. The molecule has 4 rings (SSSR count). The lowest BCUT2D eigenvalue weighted by Gasteiger charge is -2.02. The van der Waals surface area contributed by atoms with Crippen molar-refractivity contribution in [3.63, 3.8) is 0 Å². The van der Waals surface area contributed by atoms with Gasteiger partial charge in [0.15, 0.2) is 0 Å². The zero-order valence-corrected chi connectivity index (χ0v) is 21.1. The van der Waals surface area contributed by atoms with Gasteiger partial charge in [0.05, 0.1) is 36.3 Å². The van der Waals surface area contributed by atoms with Crippen molar-refractivity contribution >= 4 is 34.0 Å². The maximum absolute atomic E-state index is 11.2. The molecule has 0 amide bonds. The van der Waals surface area contributed by atoms with Crippen LogP contribution in [0.3, 0.4) is 0 Å². The van der Waals surface area contributed by atoms with E-state index in [0.29, 0.717) is 12.8 Å². The Bertz CT molecular complexity index is 1220. The van der Waals surface area contributed by atoms with Gasteiger partial charge in [-0.1, -0.05) is 25.0 Å². The quantitative estimate of drug-likeness (QED) is 0.185. The van der Waals surface area contributed by atoms with Gasteiger partial charge in [-0.25, -0.2) is 9.97 Å². The molecule has 0 saturated heterocycles. The van der Waals surface area contributed by atoms with E-state index in [-0.39, 0.29) is 11.9 Å². The van der Waals surface area contributed by atoms with Crippen molar-refractivity contribution in [3.05, 3.63) is 48.0 Å². The summed E-state index contributed by atoms with van der Waals surface area (Å²) in [5.74, 6) is 1.65. The molecule has 0 aliphatic heterocycles. The molecule has 2 heterocycles. The third kappa shape index (κ3) is 6.71. The molecule has 0 atom stereocenters. The summed E-state index contributed by atoms with van der Waals surface area (Å²) >= 11 is 0. The second-order valence-electron chi connectivity index (χ2n) is 9.10. The lowest BCUT2D eigenvalue weighted by atomic mass is 10.0. The highest BCUT2D eigenvalue weighted by atomic mass is 16.5. The number of aromatic nitrogens is 4. The van der Waals surface area contributed by atoms with E-state index in [1.54, 1.807) is 0 Å². The Balaban J connectivity index is 1.35. The number of hydrogen-bond donors (Lipinski definition) is 2. The molecule has 0 spiro atoms. The summed E-state index contributed by atoms with van der Waals surface area (Å²) in [6.07, 6.45) is 8.23. The number of aryl methyl sites for hydroxylation is 2. The summed E-state index contributed by atoms with van der Waals surface area (Å²) in [5, 5.41) is 0. The highest BCUT2D eigenvalue weighted by Crippen LogP contribution is 2.27. The van der Waals surface area contributed by atoms with Gasteiger partial charge >= 0.3 is 11.9 Å². The van der Waals surface area contributed by atoms with Crippen molar-refractivity contribution in [3.8, 4) is 11.1 Å². The molecule has 0 bridgehead atoms. The number of carbonyl (C=O) groups excluding carboxylic acids is 2. The molecule has 0 aliphatic carbocycles. The topological polar surface area (TPSA) is 110 Å². The SMILES string of the molecule is COC(=O)CCCCCc1nc2ccc(-c3ccc4nc(CCCCCC(=O)OC)[nH]c4c3)cc2[nH]1. The number of unbranched alkanes of at least 4 members (excludes halogenated alkanes) is 4. The molecule has 0 fully saturated rings. The maximum Gasteiger partial charge on any atom is 0.305 e. The molecule has 2 aromatic heterocycles. The van der Waals surface area contributed by atoms with Crippen molar-refractivity contribution < 1.29 is 19.1 Å². The second-order valence-corrected chi connectivity index (χ2v) is 9.10. The largest absolute Gasteiger partial charge is 0.469 e. The van der Waals surface area contributed by atoms with Crippen LogP contribution < -0.4 is 0 Å². The fourth-order valence-electron chi connectivity index (χ4n) is 4.40. The second kappa shape index (κ2) is 12.3. The summed E-state index contributed by atoms with van der Waals surface area (Å²) in [6, 6.07) is 12.6. The molecule has 2 aromatic carbocycles. The lowest BCUT2D eigenvalue weighted by Crippen LogP contribution is -1.99. The van der Waals surface area contributed by atoms with Crippen molar-refractivity contribution in [2.24, 2.45) is 0 Å². The van der Waals surface area contributed by atoms with Crippen LogP contribution in [0, 0.1) is 0 Å². The number of methoxy groups -OCH3 is 2. The van der Waals surface area contributed by atoms with Gasteiger partial charge in [0, 0.05) is 25.7 Å². The molecule has 0 radical (unpaired) electrons. The van der Waals surface area contributed by atoms with Crippen LogP contribution in [-0.2, 0) is 31.9 Å². The Morgan fingerprint density at radius 3 is 1.53 bits per heavy atom. The molecular formula is C28H34N4O4. The van der Waals surface area contributed by atoms with Crippen molar-refractivity contribution in [2.45, 2.75) is 64.2 Å². The summed E-state index contributed by atoms with van der Waals surface area (Å²) < 4.78 is 9.37. The predicted molar refractivity (Wildman–Crippen MR) is 140 cm³/mol. The Morgan fingerprint density at radius 2 is 1.11 bits per heavy atom. The number of aromatic amines is 2. The van der Waals surface area contributed by atoms with Crippen LogP contribution >= 0.6 is 0 Å². The standard InChI is InChI=1S/C28H34N4O4/c1-35-27(33)11-7-3-5-9-25-29-21-15-13-19(17-23(21)31-25)20-14-16-22-24(18-20)32-26(30-22)10-6-4-8-12-28(34)36-2/h13-18H,3-12H2,1-2H3,(H,29,31)(H,30,32). The highest BCUT2D eigenvalue weighted by Gasteiger charge is 2.09. The van der Waals surface area contributed by atoms with E-state index >= 15 is 0 Å². The van der Waals surface area contributed by atoms with Crippen molar-refractivity contribution in [1.82, 2.24) is 19.9 Å². The Kier molecular flexibility index (Phi) is 8.71. The first kappa shape index (κ1) is 25.4. The number of fused-ring (bicyclic) bond motifs is 2. The van der Waals surface area contributed by atoms with E-state index < -0.39 is 0 Å². The molecular weight excluding hydrogens is 456 g/mol. The number of hydrogen-bond acceptors (Lipinski definition) is 6. The number of H-pyrrole nitrogens is 2. The number of rotatable bonds is 13. The first-order valence-corrected chi connectivity index (χ1v) is 12.7. The third-order valence-corrected chi connectivity index (χ3v) is 6.44. The van der Waals surface area contributed by atoms with E-state index in [0.717, 1.165) is 96.2 Å². The fourth-order valence-corrected chi connectivity index (χ4v) is 4.40. The van der Waals surface area contributed by atoms with Crippen LogP contribution in [0.15, 0.2) is 36.4 Å². The maximum atomic E-state index is 11.2. The van der Waals surface area contributed by atoms with Gasteiger partial charge in [-0.05, 0) is 61.1 Å². The van der Waals surface area contributed by atoms with E-state index in [9.17, 15) is 9.59 Å². The number of nitrogens with one attached hydrogen (secondary N) is 2. The third-order valence-electron chi connectivity index (χ3n) is 6.44. The average molecular weight is 491 g/mol. The molecule has 0 aliphatic rings. The van der Waals surface area contributed by atoms with Crippen LogP contribution in [-0.4, -0.2) is 46.1 Å². The molecule has 2 N–H and O–H groups in total. The number of imidazole rings is 2. The Morgan fingerprint density at radius 1 is 0.667 bits per heavy atom. The number of nitrogens with zero attached hydrogens (tertiary/aromatic N) is 2. The van der Waals surface area contributed by atoms with Gasteiger partial charge in [-0.2, -0.15) is 0 Å². The van der Waals surface area contributed by atoms with E-state index in [1.807, 2.05) is 0 Å². The van der Waals surface area contributed by atoms with Gasteiger partial charge in [-0.15, -0.1) is 0 Å². The molecule has 190 valence electrons. The summed E-state index contributed by atoms with van der Waals surface area (Å²) in [4.78, 5) is 38.8. The van der Waals surface area contributed by atoms with Gasteiger partial charge in [0.1, 0.15) is 11.6 Å². The summed E-state index contributed by atoms with van der Waals surface area (Å²) in [5.41, 5.74) is 6.21. The normalized spacial score (nSPS) is 11.3. The first-order valence-electron chi connectivity index (χ1n) is 12.7. The van der Waals surface area contributed by atoms with E-state index in [2.05, 4.69) is 55.8 Å². The minimum Gasteiger partial charge on any atom is -0.469 e. The van der Waals surface area contributed by atoms with Crippen LogP contribution in [0.1, 0.15) is 63.0 Å². The van der Waals surface area contributed by atoms with Crippen LogP contribution in [0.5, 0.6) is 0 Å². The zero-order valence-electron chi connectivity index (χ0n) is 21.1. The molecule has 4 aromatic rings. The minimum atomic E-state index is -0.150. The number of ether oxygens (including phenoxy) is 2. The monoisotopic (exact) mass is 490 g/mol. The number of carbonyl (C=O) groups is 2. The summed E-state index contributed by atoms with van der Waals surface area (Å²) in [7, 11) is 2.85. The number of esters is 2. The highest BCUT2D eigenvalue weighted by molar-refractivity contribution is 5.86. The summed E-state index contributed by atoms with van der Waals surface area (Å²) in [6.45, 7) is 0. The smallest absolute Gasteiger partial charge is 0.305 e. The lowest BCUT2D eigenvalue weighted by molar-refractivity contribution is -0.141. The Labute approximate surface area is 210 Å². The molecule has 8 nitrogen and oxygen atoms in total. The van der Waals surface area contributed by atoms with Crippen LogP contribution in [0.25, 0.3) is 33.2 Å². The Hall–Kier alpha value is -3.68.